The van der Waals surface area contributed by atoms with Gasteiger partial charge in [-0.25, -0.2) is 4.98 Å². The van der Waals surface area contributed by atoms with Crippen molar-refractivity contribution in [2.24, 2.45) is 0 Å². The van der Waals surface area contributed by atoms with Crippen molar-refractivity contribution < 1.29 is 13.7 Å². The van der Waals surface area contributed by atoms with Crippen molar-refractivity contribution in [1.29, 1.82) is 0 Å². The first-order valence-corrected chi connectivity index (χ1v) is 6.45. The second-order valence-electron chi connectivity index (χ2n) is 4.29. The van der Waals surface area contributed by atoms with Crippen LogP contribution in [0.4, 0.5) is 5.88 Å². The maximum atomic E-state index is 12.1. The second kappa shape index (κ2) is 5.41. The summed E-state index contributed by atoms with van der Waals surface area (Å²) in [4.78, 5) is 15.9. The standard InChI is InChI=1S/C14H10ClN3O3/c1-8-12(16-7-20-8)13(19)18-14-11(6-17-21-14)9-2-4-10(15)5-3-9/h2-7H,1H3,(H,18,19). The van der Waals surface area contributed by atoms with Gasteiger partial charge in [0.1, 0.15) is 5.76 Å². The van der Waals surface area contributed by atoms with Crippen LogP contribution >= 0.6 is 11.6 Å². The number of rotatable bonds is 3. The van der Waals surface area contributed by atoms with Crippen LogP contribution in [0, 0.1) is 6.92 Å². The SMILES string of the molecule is Cc1ocnc1C(=O)Nc1oncc1-c1ccc(Cl)cc1. The number of carbonyl (C=O) groups excluding carboxylic acids is 1. The summed E-state index contributed by atoms with van der Waals surface area (Å²) in [6.45, 7) is 1.66. The molecule has 6 nitrogen and oxygen atoms in total. The molecule has 1 N–H and O–H groups in total. The van der Waals surface area contributed by atoms with Gasteiger partial charge in [0.15, 0.2) is 12.1 Å². The molecule has 1 aromatic carbocycles. The van der Waals surface area contributed by atoms with E-state index in [4.69, 9.17) is 20.5 Å². The number of halogens is 1. The fourth-order valence-corrected chi connectivity index (χ4v) is 1.98. The van der Waals surface area contributed by atoms with E-state index in [0.717, 1.165) is 5.56 Å². The Labute approximate surface area is 124 Å². The van der Waals surface area contributed by atoms with Crippen LogP contribution in [0.3, 0.4) is 0 Å². The van der Waals surface area contributed by atoms with E-state index in [9.17, 15) is 4.79 Å². The number of nitrogens with one attached hydrogen (secondary N) is 1. The fraction of sp³-hybridized carbons (Fsp3) is 0.0714. The molecule has 0 unspecified atom stereocenters. The van der Waals surface area contributed by atoms with Gasteiger partial charge < -0.3 is 8.94 Å². The Bertz CT molecular complexity index is 777. The van der Waals surface area contributed by atoms with Crippen molar-refractivity contribution in [3.63, 3.8) is 0 Å². The lowest BCUT2D eigenvalue weighted by molar-refractivity contribution is 0.101. The van der Waals surface area contributed by atoms with Gasteiger partial charge in [-0.05, 0) is 24.6 Å². The summed E-state index contributed by atoms with van der Waals surface area (Å²) >= 11 is 5.85. The Balaban J connectivity index is 1.88. The Hall–Kier alpha value is -2.60. The maximum absolute atomic E-state index is 12.1. The third-order valence-electron chi connectivity index (χ3n) is 2.91. The summed E-state index contributed by atoms with van der Waals surface area (Å²) in [7, 11) is 0. The van der Waals surface area contributed by atoms with Crippen molar-refractivity contribution in [3.8, 4) is 11.1 Å². The van der Waals surface area contributed by atoms with Crippen LogP contribution in [0.1, 0.15) is 16.2 Å². The number of oxazole rings is 1. The Kier molecular flexibility index (Phi) is 3.45. The zero-order chi connectivity index (χ0) is 14.8. The average Bonchev–Trinajstić information content (AvgIpc) is 3.09. The summed E-state index contributed by atoms with van der Waals surface area (Å²) in [6.07, 6.45) is 2.74. The van der Waals surface area contributed by atoms with Crippen LogP contribution in [0.2, 0.25) is 5.02 Å². The van der Waals surface area contributed by atoms with Crippen molar-refractivity contribution in [2.75, 3.05) is 5.32 Å². The Morgan fingerprint density at radius 1 is 1.29 bits per heavy atom. The van der Waals surface area contributed by atoms with Crippen molar-refractivity contribution in [2.45, 2.75) is 6.92 Å². The van der Waals surface area contributed by atoms with E-state index < -0.39 is 5.91 Å². The minimum atomic E-state index is -0.423. The summed E-state index contributed by atoms with van der Waals surface area (Å²) in [6, 6.07) is 7.12. The van der Waals surface area contributed by atoms with E-state index in [1.54, 1.807) is 19.1 Å². The summed E-state index contributed by atoms with van der Waals surface area (Å²) < 4.78 is 10.1. The van der Waals surface area contributed by atoms with Gasteiger partial charge in [0.2, 0.25) is 5.88 Å². The molecule has 1 amide bonds. The second-order valence-corrected chi connectivity index (χ2v) is 4.72. The molecule has 0 aliphatic rings. The maximum Gasteiger partial charge on any atom is 0.280 e. The van der Waals surface area contributed by atoms with Crippen LogP contribution in [-0.4, -0.2) is 16.0 Å². The van der Waals surface area contributed by atoms with Gasteiger partial charge in [-0.3, -0.25) is 10.1 Å². The van der Waals surface area contributed by atoms with Gasteiger partial charge in [-0.2, -0.15) is 0 Å². The van der Waals surface area contributed by atoms with Gasteiger partial charge in [0.25, 0.3) is 5.91 Å². The molecule has 2 heterocycles. The largest absolute Gasteiger partial charge is 0.448 e. The lowest BCUT2D eigenvalue weighted by Crippen LogP contribution is -2.13. The lowest BCUT2D eigenvalue weighted by Gasteiger charge is -2.03. The van der Waals surface area contributed by atoms with Crippen LogP contribution < -0.4 is 5.32 Å². The summed E-state index contributed by atoms with van der Waals surface area (Å²) in [5.74, 6) is 0.248. The molecule has 0 radical (unpaired) electrons. The molecule has 3 aromatic rings. The van der Waals surface area contributed by atoms with Gasteiger partial charge in [-0.1, -0.05) is 28.9 Å². The predicted molar refractivity (Wildman–Crippen MR) is 76.1 cm³/mol. The van der Waals surface area contributed by atoms with E-state index in [1.165, 1.54) is 12.6 Å². The van der Waals surface area contributed by atoms with Crippen LogP contribution in [-0.2, 0) is 0 Å². The molecule has 21 heavy (non-hydrogen) atoms. The van der Waals surface area contributed by atoms with Gasteiger partial charge in [-0.15, -0.1) is 0 Å². The molecule has 7 heteroatoms. The zero-order valence-corrected chi connectivity index (χ0v) is 11.7. The first-order chi connectivity index (χ1) is 10.1. The highest BCUT2D eigenvalue weighted by Crippen LogP contribution is 2.29. The first-order valence-electron chi connectivity index (χ1n) is 6.07. The minimum absolute atomic E-state index is 0.202. The molecule has 0 saturated heterocycles. The topological polar surface area (TPSA) is 81.2 Å². The van der Waals surface area contributed by atoms with E-state index in [1.807, 2.05) is 12.1 Å². The molecule has 0 atom stereocenters. The molecule has 0 saturated carbocycles. The van der Waals surface area contributed by atoms with E-state index in [0.29, 0.717) is 16.3 Å². The molecule has 0 aliphatic carbocycles. The number of aryl methyl sites for hydroxylation is 1. The zero-order valence-electron chi connectivity index (χ0n) is 11.0. The molecule has 0 aliphatic heterocycles. The fourth-order valence-electron chi connectivity index (χ4n) is 1.85. The number of carbonyl (C=O) groups is 1. The van der Waals surface area contributed by atoms with E-state index in [-0.39, 0.29) is 11.6 Å². The van der Waals surface area contributed by atoms with Crippen LogP contribution in [0.25, 0.3) is 11.1 Å². The number of aromatic nitrogens is 2. The molecule has 3 rings (SSSR count). The highest BCUT2D eigenvalue weighted by atomic mass is 35.5. The Morgan fingerprint density at radius 2 is 2.05 bits per heavy atom. The first kappa shape index (κ1) is 13.4. The number of hydrogen-bond donors (Lipinski definition) is 1. The normalized spacial score (nSPS) is 10.6. The highest BCUT2D eigenvalue weighted by Gasteiger charge is 2.18. The molecule has 106 valence electrons. The third-order valence-corrected chi connectivity index (χ3v) is 3.16. The van der Waals surface area contributed by atoms with Gasteiger partial charge in [0.05, 0.1) is 11.8 Å². The molecular formula is C14H10ClN3O3. The van der Waals surface area contributed by atoms with E-state index >= 15 is 0 Å². The molecular weight excluding hydrogens is 294 g/mol. The van der Waals surface area contributed by atoms with E-state index in [2.05, 4.69) is 15.5 Å². The third kappa shape index (κ3) is 2.66. The van der Waals surface area contributed by atoms with Gasteiger partial charge in [0, 0.05) is 5.02 Å². The molecule has 0 spiro atoms. The van der Waals surface area contributed by atoms with Crippen molar-refractivity contribution in [1.82, 2.24) is 10.1 Å². The number of nitrogens with zero attached hydrogens (tertiary/aromatic N) is 2. The molecule has 0 fully saturated rings. The highest BCUT2D eigenvalue weighted by molar-refractivity contribution is 6.30. The van der Waals surface area contributed by atoms with Crippen LogP contribution in [0.5, 0.6) is 0 Å². The summed E-state index contributed by atoms with van der Waals surface area (Å²) in [5.41, 5.74) is 1.68. The monoisotopic (exact) mass is 303 g/mol. The average molecular weight is 304 g/mol. The van der Waals surface area contributed by atoms with Crippen molar-refractivity contribution in [3.05, 3.63) is 53.3 Å². The minimum Gasteiger partial charge on any atom is -0.448 e. The smallest absolute Gasteiger partial charge is 0.280 e. The number of benzene rings is 1. The van der Waals surface area contributed by atoms with Crippen LogP contribution in [0.15, 0.2) is 45.8 Å². The Morgan fingerprint density at radius 3 is 2.71 bits per heavy atom. The molecule has 0 bridgehead atoms. The number of hydrogen-bond acceptors (Lipinski definition) is 5. The predicted octanol–water partition coefficient (Wildman–Crippen LogP) is 3.54. The van der Waals surface area contributed by atoms with Gasteiger partial charge >= 0.3 is 0 Å². The number of anilines is 1. The molecule has 2 aromatic heterocycles. The lowest BCUT2D eigenvalue weighted by atomic mass is 10.1. The van der Waals surface area contributed by atoms with Crippen molar-refractivity contribution >= 4 is 23.4 Å². The summed E-state index contributed by atoms with van der Waals surface area (Å²) in [5, 5.41) is 6.96. The number of amides is 1. The quantitative estimate of drug-likeness (QED) is 0.800.